The molecule has 0 aromatic heterocycles. The molecular formula is C18H26. The molecule has 1 aliphatic carbocycles. The van der Waals surface area contributed by atoms with Crippen molar-refractivity contribution >= 4 is 5.57 Å². The summed E-state index contributed by atoms with van der Waals surface area (Å²) in [7, 11) is 0. The third-order valence-corrected chi connectivity index (χ3v) is 4.22. The van der Waals surface area contributed by atoms with Crippen LogP contribution in [0.25, 0.3) is 5.57 Å². The molecule has 0 bridgehead atoms. The Labute approximate surface area is 112 Å². The van der Waals surface area contributed by atoms with Crippen molar-refractivity contribution in [3.05, 3.63) is 40.0 Å². The molecule has 0 radical (unpaired) electrons. The van der Waals surface area contributed by atoms with Crippen molar-refractivity contribution in [2.75, 3.05) is 0 Å². The van der Waals surface area contributed by atoms with Crippen molar-refractivity contribution in [2.24, 2.45) is 0 Å². The van der Waals surface area contributed by atoms with Gasteiger partial charge in [-0.25, -0.2) is 0 Å². The highest BCUT2D eigenvalue weighted by molar-refractivity contribution is 5.79. The average Bonchev–Trinajstić information content (AvgIpc) is 2.55. The lowest BCUT2D eigenvalue weighted by Gasteiger charge is -2.13. The molecule has 0 spiro atoms. The zero-order chi connectivity index (χ0) is 13.3. The van der Waals surface area contributed by atoms with Crippen molar-refractivity contribution < 1.29 is 0 Å². The molecule has 1 unspecified atom stereocenters. The van der Waals surface area contributed by atoms with Crippen molar-refractivity contribution in [3.63, 3.8) is 0 Å². The van der Waals surface area contributed by atoms with E-state index in [9.17, 15) is 0 Å². The van der Waals surface area contributed by atoms with E-state index in [1.54, 1.807) is 22.3 Å². The average molecular weight is 242 g/mol. The number of allylic oxidation sites excluding steroid dienone is 2. The van der Waals surface area contributed by atoms with Gasteiger partial charge in [-0.05, 0) is 49.0 Å². The highest BCUT2D eigenvalue weighted by atomic mass is 14.3. The third-order valence-electron chi connectivity index (χ3n) is 4.22. The van der Waals surface area contributed by atoms with E-state index in [0.29, 0.717) is 5.92 Å². The summed E-state index contributed by atoms with van der Waals surface area (Å²) in [4.78, 5) is 0. The molecule has 0 aliphatic heterocycles. The van der Waals surface area contributed by atoms with Crippen molar-refractivity contribution in [3.8, 4) is 0 Å². The maximum absolute atomic E-state index is 2.41. The lowest BCUT2D eigenvalue weighted by molar-refractivity contribution is 0.792. The summed E-state index contributed by atoms with van der Waals surface area (Å²) >= 11 is 0. The molecule has 0 heterocycles. The first-order valence-electron chi connectivity index (χ1n) is 7.43. The summed E-state index contributed by atoms with van der Waals surface area (Å²) in [5, 5.41) is 0. The zero-order valence-electron chi connectivity index (χ0n) is 12.6. The van der Waals surface area contributed by atoms with Crippen LogP contribution in [0.1, 0.15) is 74.6 Å². The summed E-state index contributed by atoms with van der Waals surface area (Å²) < 4.78 is 0. The highest BCUT2D eigenvalue weighted by Gasteiger charge is 2.28. The van der Waals surface area contributed by atoms with Gasteiger partial charge in [0.05, 0.1) is 0 Å². The summed E-state index contributed by atoms with van der Waals surface area (Å²) in [6.07, 6.45) is 5.03. The Kier molecular flexibility index (Phi) is 3.94. The molecule has 2 rings (SSSR count). The van der Waals surface area contributed by atoms with Crippen LogP contribution < -0.4 is 0 Å². The Hall–Kier alpha value is -1.04. The molecule has 18 heavy (non-hydrogen) atoms. The lowest BCUT2D eigenvalue weighted by atomic mass is 9.91. The summed E-state index contributed by atoms with van der Waals surface area (Å²) in [6.45, 7) is 11.5. The van der Waals surface area contributed by atoms with Gasteiger partial charge in [-0.3, -0.25) is 0 Å². The number of aryl methyl sites for hydroxylation is 2. The first-order valence-corrected chi connectivity index (χ1v) is 7.43. The molecule has 0 amide bonds. The maximum atomic E-state index is 2.41. The first-order chi connectivity index (χ1) is 8.60. The van der Waals surface area contributed by atoms with E-state index in [1.807, 2.05) is 0 Å². The van der Waals surface area contributed by atoms with Gasteiger partial charge in [0.2, 0.25) is 0 Å². The van der Waals surface area contributed by atoms with Gasteiger partial charge in [0.15, 0.2) is 0 Å². The van der Waals surface area contributed by atoms with E-state index in [2.05, 4.69) is 46.8 Å². The summed E-state index contributed by atoms with van der Waals surface area (Å²) in [5.41, 5.74) is 9.43. The molecule has 0 nitrogen and oxygen atoms in total. The van der Waals surface area contributed by atoms with E-state index in [4.69, 9.17) is 0 Å². The van der Waals surface area contributed by atoms with Crippen LogP contribution in [0.4, 0.5) is 0 Å². The Morgan fingerprint density at radius 1 is 1.00 bits per heavy atom. The fourth-order valence-electron chi connectivity index (χ4n) is 3.59. The monoisotopic (exact) mass is 242 g/mol. The van der Waals surface area contributed by atoms with Crippen LogP contribution in [0.3, 0.4) is 0 Å². The largest absolute Gasteiger partial charge is 0.0651 e. The van der Waals surface area contributed by atoms with Crippen molar-refractivity contribution in [1.82, 2.24) is 0 Å². The second-order valence-electron chi connectivity index (χ2n) is 5.77. The number of hydrogen-bond donors (Lipinski definition) is 0. The minimum Gasteiger partial charge on any atom is -0.0651 e. The number of fused-ring (bicyclic) bond motifs is 1. The van der Waals surface area contributed by atoms with E-state index in [1.165, 1.54) is 36.8 Å². The van der Waals surface area contributed by atoms with Crippen LogP contribution in [0, 0.1) is 13.8 Å². The van der Waals surface area contributed by atoms with Crippen molar-refractivity contribution in [2.45, 2.75) is 66.2 Å². The molecule has 0 heteroatoms. The molecule has 0 saturated heterocycles. The lowest BCUT2D eigenvalue weighted by Crippen LogP contribution is -1.97. The van der Waals surface area contributed by atoms with E-state index < -0.39 is 0 Å². The van der Waals surface area contributed by atoms with Crippen LogP contribution in [0.15, 0.2) is 17.7 Å². The van der Waals surface area contributed by atoms with Gasteiger partial charge in [-0.1, -0.05) is 56.9 Å². The molecule has 1 aromatic rings. The van der Waals surface area contributed by atoms with Crippen LogP contribution >= 0.6 is 0 Å². The number of rotatable bonds is 4. The topological polar surface area (TPSA) is 0 Å². The molecule has 0 N–H and O–H groups in total. The predicted octanol–water partition coefficient (Wildman–Crippen LogP) is 5.77. The van der Waals surface area contributed by atoms with Crippen LogP contribution in [0.5, 0.6) is 0 Å². The normalized spacial score (nSPS) is 18.4. The van der Waals surface area contributed by atoms with E-state index >= 15 is 0 Å². The summed E-state index contributed by atoms with van der Waals surface area (Å²) in [5.74, 6) is 0.641. The SMILES string of the molecule is CCCC1=C(CCC)C(C)c2c(C)cc(C)cc21. The quantitative estimate of drug-likeness (QED) is 0.628. The van der Waals surface area contributed by atoms with Crippen LogP contribution in [-0.4, -0.2) is 0 Å². The fourth-order valence-corrected chi connectivity index (χ4v) is 3.59. The molecule has 0 fully saturated rings. The van der Waals surface area contributed by atoms with E-state index in [-0.39, 0.29) is 0 Å². The van der Waals surface area contributed by atoms with Gasteiger partial charge in [0, 0.05) is 5.92 Å². The van der Waals surface area contributed by atoms with Crippen LogP contribution in [0.2, 0.25) is 0 Å². The standard InChI is InChI=1S/C18H26/c1-6-8-15-14(5)18-13(4)10-12(3)11-17(18)16(15)9-7-2/h10-11,14H,6-9H2,1-5H3. The van der Waals surface area contributed by atoms with Gasteiger partial charge < -0.3 is 0 Å². The number of benzene rings is 1. The molecule has 1 atom stereocenters. The highest BCUT2D eigenvalue weighted by Crippen LogP contribution is 2.47. The third kappa shape index (κ3) is 2.13. The minimum absolute atomic E-state index is 0.641. The molecule has 98 valence electrons. The Morgan fingerprint density at radius 2 is 1.67 bits per heavy atom. The Balaban J connectivity index is 2.57. The second-order valence-corrected chi connectivity index (χ2v) is 5.77. The van der Waals surface area contributed by atoms with E-state index in [0.717, 1.165) is 0 Å². The number of hydrogen-bond acceptors (Lipinski definition) is 0. The predicted molar refractivity (Wildman–Crippen MR) is 81.1 cm³/mol. The first kappa shape index (κ1) is 13.4. The Morgan fingerprint density at radius 3 is 2.28 bits per heavy atom. The van der Waals surface area contributed by atoms with Gasteiger partial charge >= 0.3 is 0 Å². The van der Waals surface area contributed by atoms with Gasteiger partial charge in [0.1, 0.15) is 0 Å². The second kappa shape index (κ2) is 5.30. The maximum Gasteiger partial charge on any atom is 0.00345 e. The minimum atomic E-state index is 0.641. The van der Waals surface area contributed by atoms with Crippen LogP contribution in [-0.2, 0) is 0 Å². The molecular weight excluding hydrogens is 216 g/mol. The van der Waals surface area contributed by atoms with Gasteiger partial charge in [0.25, 0.3) is 0 Å². The molecule has 0 saturated carbocycles. The Bertz CT molecular complexity index is 477. The zero-order valence-corrected chi connectivity index (χ0v) is 12.6. The van der Waals surface area contributed by atoms with Gasteiger partial charge in [-0.2, -0.15) is 0 Å². The van der Waals surface area contributed by atoms with Gasteiger partial charge in [-0.15, -0.1) is 0 Å². The molecule has 1 aromatic carbocycles. The molecule has 1 aliphatic rings. The smallest absolute Gasteiger partial charge is 0.00345 e. The fraction of sp³-hybridized carbons (Fsp3) is 0.556. The van der Waals surface area contributed by atoms with Crippen molar-refractivity contribution in [1.29, 1.82) is 0 Å². The summed E-state index contributed by atoms with van der Waals surface area (Å²) in [6, 6.07) is 4.75.